The summed E-state index contributed by atoms with van der Waals surface area (Å²) in [5, 5.41) is 10.4. The molecule has 0 radical (unpaired) electrons. The number of hydrogen-bond donors (Lipinski definition) is 2. The topological polar surface area (TPSA) is 70.7 Å². The molecule has 0 aromatic carbocycles. The standard InChI is InChI=1S/C11H20N4OS/c1-5-6-8-12-10(15-14-8)17-7-9(16)13-11(2,3)4/h5-7H2,1-4H3,(H,13,16)(H,12,14,15). The fourth-order valence-corrected chi connectivity index (χ4v) is 1.89. The molecule has 0 aliphatic carbocycles. The summed E-state index contributed by atoms with van der Waals surface area (Å²) in [5.41, 5.74) is -0.190. The minimum absolute atomic E-state index is 0.00402. The molecule has 5 nitrogen and oxygen atoms in total. The average molecular weight is 256 g/mol. The third kappa shape index (κ3) is 5.72. The maximum atomic E-state index is 11.6. The van der Waals surface area contributed by atoms with E-state index in [1.165, 1.54) is 11.8 Å². The van der Waals surface area contributed by atoms with E-state index in [0.29, 0.717) is 10.9 Å². The van der Waals surface area contributed by atoms with Gasteiger partial charge in [0.05, 0.1) is 5.75 Å². The molecule has 1 heterocycles. The van der Waals surface area contributed by atoms with Crippen LogP contribution in [0.5, 0.6) is 0 Å². The van der Waals surface area contributed by atoms with Gasteiger partial charge in [-0.25, -0.2) is 4.98 Å². The average Bonchev–Trinajstić information content (AvgIpc) is 2.61. The fourth-order valence-electron chi connectivity index (χ4n) is 1.28. The zero-order valence-corrected chi connectivity index (χ0v) is 11.6. The van der Waals surface area contributed by atoms with E-state index in [1.54, 1.807) is 0 Å². The Morgan fingerprint density at radius 1 is 1.47 bits per heavy atom. The Kier molecular flexibility index (Phi) is 4.99. The molecule has 0 aliphatic rings. The van der Waals surface area contributed by atoms with Gasteiger partial charge in [-0.05, 0) is 27.2 Å². The molecule has 2 N–H and O–H groups in total. The van der Waals surface area contributed by atoms with Gasteiger partial charge in [-0.3, -0.25) is 9.89 Å². The Morgan fingerprint density at radius 3 is 2.76 bits per heavy atom. The Labute approximate surface area is 106 Å². The van der Waals surface area contributed by atoms with E-state index in [-0.39, 0.29) is 11.4 Å². The summed E-state index contributed by atoms with van der Waals surface area (Å²) in [6.07, 6.45) is 1.92. The second kappa shape index (κ2) is 6.05. The van der Waals surface area contributed by atoms with E-state index < -0.39 is 0 Å². The summed E-state index contributed by atoms with van der Waals surface area (Å²) in [5.74, 6) is 1.23. The quantitative estimate of drug-likeness (QED) is 0.788. The van der Waals surface area contributed by atoms with Crippen LogP contribution >= 0.6 is 11.8 Å². The number of nitrogens with zero attached hydrogens (tertiary/aromatic N) is 2. The maximum Gasteiger partial charge on any atom is 0.230 e. The summed E-state index contributed by atoms with van der Waals surface area (Å²) >= 11 is 1.35. The lowest BCUT2D eigenvalue weighted by Gasteiger charge is -2.19. The van der Waals surface area contributed by atoms with Crippen molar-refractivity contribution in [1.29, 1.82) is 0 Å². The number of aromatic nitrogens is 3. The largest absolute Gasteiger partial charge is 0.351 e. The highest BCUT2D eigenvalue weighted by molar-refractivity contribution is 7.99. The summed E-state index contributed by atoms with van der Waals surface area (Å²) in [4.78, 5) is 15.9. The number of hydrogen-bond acceptors (Lipinski definition) is 4. The van der Waals surface area contributed by atoms with Crippen molar-refractivity contribution in [3.63, 3.8) is 0 Å². The lowest BCUT2D eigenvalue weighted by atomic mass is 10.1. The van der Waals surface area contributed by atoms with Crippen LogP contribution in [0.15, 0.2) is 5.16 Å². The summed E-state index contributed by atoms with van der Waals surface area (Å²) in [6, 6.07) is 0. The van der Waals surface area contributed by atoms with Gasteiger partial charge in [-0.15, -0.1) is 5.10 Å². The van der Waals surface area contributed by atoms with E-state index in [1.807, 2.05) is 20.8 Å². The van der Waals surface area contributed by atoms with Crippen molar-refractivity contribution >= 4 is 17.7 Å². The van der Waals surface area contributed by atoms with Gasteiger partial charge < -0.3 is 5.32 Å². The molecule has 0 bridgehead atoms. The molecule has 1 aromatic heterocycles. The van der Waals surface area contributed by atoms with Gasteiger partial charge in [0.15, 0.2) is 0 Å². The smallest absolute Gasteiger partial charge is 0.230 e. The van der Waals surface area contributed by atoms with Crippen molar-refractivity contribution in [3.8, 4) is 0 Å². The van der Waals surface area contributed by atoms with Crippen LogP contribution in [-0.2, 0) is 11.2 Å². The maximum absolute atomic E-state index is 11.6. The number of aromatic amines is 1. The number of carbonyl (C=O) groups is 1. The van der Waals surface area contributed by atoms with Crippen LogP contribution in [0.25, 0.3) is 0 Å². The van der Waals surface area contributed by atoms with E-state index in [4.69, 9.17) is 0 Å². The van der Waals surface area contributed by atoms with Gasteiger partial charge in [-0.1, -0.05) is 18.7 Å². The molecule has 0 aliphatic heterocycles. The summed E-state index contributed by atoms with van der Waals surface area (Å²) < 4.78 is 0. The molecule has 96 valence electrons. The molecule has 17 heavy (non-hydrogen) atoms. The SMILES string of the molecule is CCCc1nc(SCC(=O)NC(C)(C)C)n[nH]1. The van der Waals surface area contributed by atoms with E-state index in [2.05, 4.69) is 27.4 Å². The molecule has 0 unspecified atom stereocenters. The highest BCUT2D eigenvalue weighted by Crippen LogP contribution is 2.12. The highest BCUT2D eigenvalue weighted by Gasteiger charge is 2.14. The van der Waals surface area contributed by atoms with Gasteiger partial charge in [0, 0.05) is 12.0 Å². The first-order valence-corrected chi connectivity index (χ1v) is 6.74. The number of H-pyrrole nitrogens is 1. The van der Waals surface area contributed by atoms with Crippen LogP contribution < -0.4 is 5.32 Å². The number of aryl methyl sites for hydroxylation is 1. The van der Waals surface area contributed by atoms with Gasteiger partial charge in [0.1, 0.15) is 5.82 Å². The highest BCUT2D eigenvalue weighted by atomic mass is 32.2. The van der Waals surface area contributed by atoms with Crippen LogP contribution in [0.1, 0.15) is 39.9 Å². The molecule has 0 saturated heterocycles. The van der Waals surface area contributed by atoms with E-state index >= 15 is 0 Å². The van der Waals surface area contributed by atoms with Gasteiger partial charge in [0.2, 0.25) is 11.1 Å². The van der Waals surface area contributed by atoms with E-state index in [9.17, 15) is 4.79 Å². The number of rotatable bonds is 5. The molecular weight excluding hydrogens is 236 g/mol. The van der Waals surface area contributed by atoms with Gasteiger partial charge in [-0.2, -0.15) is 0 Å². The fraction of sp³-hybridized carbons (Fsp3) is 0.727. The zero-order valence-electron chi connectivity index (χ0n) is 10.8. The number of thioether (sulfide) groups is 1. The van der Waals surface area contributed by atoms with Crippen molar-refractivity contribution in [3.05, 3.63) is 5.82 Å². The number of carbonyl (C=O) groups excluding carboxylic acids is 1. The van der Waals surface area contributed by atoms with Crippen molar-refractivity contribution in [2.75, 3.05) is 5.75 Å². The van der Waals surface area contributed by atoms with Crippen LogP contribution in [0.4, 0.5) is 0 Å². The lowest BCUT2D eigenvalue weighted by Crippen LogP contribution is -2.41. The van der Waals surface area contributed by atoms with Crippen LogP contribution in [0, 0.1) is 0 Å². The zero-order chi connectivity index (χ0) is 12.9. The second-order valence-corrected chi connectivity index (χ2v) is 5.84. The van der Waals surface area contributed by atoms with Crippen molar-refractivity contribution < 1.29 is 4.79 Å². The van der Waals surface area contributed by atoms with E-state index in [0.717, 1.165) is 18.7 Å². The summed E-state index contributed by atoms with van der Waals surface area (Å²) in [6.45, 7) is 7.97. The monoisotopic (exact) mass is 256 g/mol. The molecule has 0 atom stereocenters. The lowest BCUT2D eigenvalue weighted by molar-refractivity contribution is -0.119. The Morgan fingerprint density at radius 2 is 2.18 bits per heavy atom. The Bertz CT molecular complexity index is 370. The molecule has 0 fully saturated rings. The minimum atomic E-state index is -0.190. The predicted octanol–water partition coefficient (Wildman–Crippen LogP) is 1.76. The first kappa shape index (κ1) is 14.0. The Hall–Kier alpha value is -1.04. The van der Waals surface area contributed by atoms with Crippen LogP contribution in [0.3, 0.4) is 0 Å². The van der Waals surface area contributed by atoms with Crippen LogP contribution in [-0.4, -0.2) is 32.4 Å². The number of amides is 1. The van der Waals surface area contributed by atoms with Crippen LogP contribution in [0.2, 0.25) is 0 Å². The van der Waals surface area contributed by atoms with Crippen molar-refractivity contribution in [2.45, 2.75) is 51.2 Å². The third-order valence-corrected chi connectivity index (χ3v) is 2.69. The Balaban J connectivity index is 2.37. The normalized spacial score (nSPS) is 11.5. The minimum Gasteiger partial charge on any atom is -0.351 e. The molecular formula is C11H20N4OS. The first-order chi connectivity index (χ1) is 7.90. The molecule has 1 rings (SSSR count). The predicted molar refractivity (Wildman–Crippen MR) is 69.0 cm³/mol. The summed E-state index contributed by atoms with van der Waals surface area (Å²) in [7, 11) is 0. The first-order valence-electron chi connectivity index (χ1n) is 5.76. The number of nitrogens with one attached hydrogen (secondary N) is 2. The van der Waals surface area contributed by atoms with Crippen molar-refractivity contribution in [1.82, 2.24) is 20.5 Å². The van der Waals surface area contributed by atoms with Crippen molar-refractivity contribution in [2.24, 2.45) is 0 Å². The molecule has 6 heteroatoms. The molecule has 0 saturated carbocycles. The van der Waals surface area contributed by atoms with Gasteiger partial charge >= 0.3 is 0 Å². The molecule has 0 spiro atoms. The molecule has 1 aromatic rings. The second-order valence-electron chi connectivity index (χ2n) is 4.90. The van der Waals surface area contributed by atoms with Gasteiger partial charge in [0.25, 0.3) is 0 Å². The third-order valence-electron chi connectivity index (χ3n) is 1.84. The molecule has 1 amide bonds.